The van der Waals surface area contributed by atoms with Crippen LogP contribution in [0.15, 0.2) is 22.9 Å². The molecule has 0 radical (unpaired) electrons. The van der Waals surface area contributed by atoms with Crippen LogP contribution in [0.1, 0.15) is 24.0 Å². The normalized spacial score (nSPS) is 13.9. The SMILES string of the molecule is COc1ccc(C)c(Nc2c(Br)c(OC3CC3)nc3c2ncn3C)c1C. The van der Waals surface area contributed by atoms with Crippen molar-refractivity contribution in [2.24, 2.45) is 7.05 Å². The maximum atomic E-state index is 6.01. The minimum Gasteiger partial charge on any atom is -0.496 e. The number of imidazole rings is 1. The predicted octanol–water partition coefficient (Wildman–Crippen LogP) is 4.64. The highest BCUT2D eigenvalue weighted by atomic mass is 79.9. The van der Waals surface area contributed by atoms with Crippen LogP contribution in [-0.4, -0.2) is 27.7 Å². The monoisotopic (exact) mass is 416 g/mol. The van der Waals surface area contributed by atoms with Crippen LogP contribution in [0.4, 0.5) is 11.4 Å². The molecule has 2 aromatic heterocycles. The molecule has 0 spiro atoms. The van der Waals surface area contributed by atoms with Gasteiger partial charge in [-0.1, -0.05) is 6.07 Å². The first-order valence-electron chi connectivity index (χ1n) is 8.58. The van der Waals surface area contributed by atoms with Crippen LogP contribution in [0.2, 0.25) is 0 Å². The van der Waals surface area contributed by atoms with E-state index >= 15 is 0 Å². The van der Waals surface area contributed by atoms with Crippen LogP contribution >= 0.6 is 15.9 Å². The number of pyridine rings is 1. The molecule has 0 unspecified atom stereocenters. The quantitative estimate of drug-likeness (QED) is 0.656. The van der Waals surface area contributed by atoms with Gasteiger partial charge in [-0.2, -0.15) is 4.98 Å². The molecular formula is C19H21BrN4O2. The van der Waals surface area contributed by atoms with Crippen molar-refractivity contribution < 1.29 is 9.47 Å². The first-order chi connectivity index (χ1) is 12.5. The van der Waals surface area contributed by atoms with Gasteiger partial charge in [0.15, 0.2) is 5.65 Å². The van der Waals surface area contributed by atoms with E-state index in [1.165, 1.54) is 0 Å². The molecule has 26 heavy (non-hydrogen) atoms. The third-order valence-corrected chi connectivity index (χ3v) is 5.39. The molecule has 0 aliphatic heterocycles. The van der Waals surface area contributed by atoms with Crippen LogP contribution in [0.5, 0.6) is 11.6 Å². The second kappa shape index (κ2) is 6.46. The fourth-order valence-corrected chi connectivity index (χ4v) is 3.46. The number of rotatable bonds is 5. The largest absolute Gasteiger partial charge is 0.496 e. The second-order valence-corrected chi connectivity index (χ2v) is 7.45. The van der Waals surface area contributed by atoms with Crippen molar-refractivity contribution in [3.8, 4) is 11.6 Å². The molecule has 3 aromatic rings. The summed E-state index contributed by atoms with van der Waals surface area (Å²) in [5.74, 6) is 1.44. The summed E-state index contributed by atoms with van der Waals surface area (Å²) in [6.45, 7) is 4.11. The first kappa shape index (κ1) is 17.1. The Balaban J connectivity index is 1.87. The van der Waals surface area contributed by atoms with E-state index in [9.17, 15) is 0 Å². The van der Waals surface area contributed by atoms with Crippen molar-refractivity contribution in [3.05, 3.63) is 34.1 Å². The van der Waals surface area contributed by atoms with Crippen molar-refractivity contribution in [2.75, 3.05) is 12.4 Å². The third kappa shape index (κ3) is 2.90. The highest BCUT2D eigenvalue weighted by Gasteiger charge is 2.27. The number of nitrogens with one attached hydrogen (secondary N) is 1. The van der Waals surface area contributed by atoms with Crippen molar-refractivity contribution >= 4 is 38.5 Å². The lowest BCUT2D eigenvalue weighted by molar-refractivity contribution is 0.290. The van der Waals surface area contributed by atoms with E-state index in [2.05, 4.69) is 38.1 Å². The number of fused-ring (bicyclic) bond motifs is 1. The standard InChI is InChI=1S/C19H21BrN4O2/c1-10-5-8-13(25-4)11(2)15(10)22-16-14(20)19(26-12-6-7-12)23-18-17(16)21-9-24(18)3/h5,8-9,12H,6-7H2,1-4H3,(H,22,23). The van der Waals surface area contributed by atoms with E-state index in [1.54, 1.807) is 13.4 Å². The van der Waals surface area contributed by atoms with E-state index in [4.69, 9.17) is 9.47 Å². The fraction of sp³-hybridized carbons (Fsp3) is 0.368. The zero-order chi connectivity index (χ0) is 18.4. The van der Waals surface area contributed by atoms with Gasteiger partial charge in [-0.3, -0.25) is 0 Å². The summed E-state index contributed by atoms with van der Waals surface area (Å²) in [5.41, 5.74) is 5.60. The van der Waals surface area contributed by atoms with E-state index in [0.717, 1.165) is 56.7 Å². The third-order valence-electron chi connectivity index (χ3n) is 4.65. The molecule has 1 aliphatic carbocycles. The van der Waals surface area contributed by atoms with Crippen LogP contribution < -0.4 is 14.8 Å². The molecule has 1 fully saturated rings. The lowest BCUT2D eigenvalue weighted by Gasteiger charge is -2.18. The van der Waals surface area contributed by atoms with Gasteiger partial charge in [-0.15, -0.1) is 0 Å². The summed E-state index contributed by atoms with van der Waals surface area (Å²) in [6.07, 6.45) is 4.18. The van der Waals surface area contributed by atoms with Crippen molar-refractivity contribution in [1.82, 2.24) is 14.5 Å². The molecule has 0 atom stereocenters. The lowest BCUT2D eigenvalue weighted by atomic mass is 10.1. The van der Waals surface area contributed by atoms with Gasteiger partial charge in [0, 0.05) is 18.3 Å². The smallest absolute Gasteiger partial charge is 0.232 e. The van der Waals surface area contributed by atoms with Gasteiger partial charge in [0.05, 0.1) is 19.1 Å². The van der Waals surface area contributed by atoms with Crippen molar-refractivity contribution in [2.45, 2.75) is 32.8 Å². The van der Waals surface area contributed by atoms with Gasteiger partial charge < -0.3 is 19.4 Å². The molecular weight excluding hydrogens is 396 g/mol. The summed E-state index contributed by atoms with van der Waals surface area (Å²) in [7, 11) is 3.62. The molecule has 0 bridgehead atoms. The average Bonchev–Trinajstić information content (AvgIpc) is 3.37. The Kier molecular flexibility index (Phi) is 4.26. The maximum absolute atomic E-state index is 6.01. The number of aromatic nitrogens is 3. The number of nitrogens with zero attached hydrogens (tertiary/aromatic N) is 3. The topological polar surface area (TPSA) is 61.2 Å². The average molecular weight is 417 g/mol. The first-order valence-corrected chi connectivity index (χ1v) is 9.37. The molecule has 0 amide bonds. The maximum Gasteiger partial charge on any atom is 0.232 e. The van der Waals surface area contributed by atoms with Gasteiger partial charge in [0.25, 0.3) is 0 Å². The van der Waals surface area contributed by atoms with E-state index in [0.29, 0.717) is 5.88 Å². The molecule has 2 heterocycles. The van der Waals surface area contributed by atoms with Crippen molar-refractivity contribution in [1.29, 1.82) is 0 Å². The molecule has 4 rings (SSSR count). The van der Waals surface area contributed by atoms with Gasteiger partial charge in [0.2, 0.25) is 5.88 Å². The Morgan fingerprint density at radius 1 is 1.23 bits per heavy atom. The number of ether oxygens (including phenoxy) is 2. The van der Waals surface area contributed by atoms with Gasteiger partial charge >= 0.3 is 0 Å². The highest BCUT2D eigenvalue weighted by Crippen LogP contribution is 2.42. The zero-order valence-electron chi connectivity index (χ0n) is 15.3. The fourth-order valence-electron chi connectivity index (χ4n) is 2.99. The van der Waals surface area contributed by atoms with Crippen LogP contribution in [0.3, 0.4) is 0 Å². The molecule has 7 heteroatoms. The van der Waals surface area contributed by atoms with Crippen LogP contribution in [0.25, 0.3) is 11.2 Å². The Morgan fingerprint density at radius 3 is 2.69 bits per heavy atom. The minimum atomic E-state index is 0.262. The Labute approximate surface area is 160 Å². The number of hydrogen-bond acceptors (Lipinski definition) is 5. The summed E-state index contributed by atoms with van der Waals surface area (Å²) < 4.78 is 14.2. The zero-order valence-corrected chi connectivity index (χ0v) is 16.8. The molecule has 6 nitrogen and oxygen atoms in total. The number of halogens is 1. The Bertz CT molecular complexity index is 995. The highest BCUT2D eigenvalue weighted by molar-refractivity contribution is 9.10. The Morgan fingerprint density at radius 2 is 2.00 bits per heavy atom. The second-order valence-electron chi connectivity index (χ2n) is 6.66. The van der Waals surface area contributed by atoms with Gasteiger partial charge in [-0.25, -0.2) is 4.98 Å². The van der Waals surface area contributed by atoms with Crippen LogP contribution in [-0.2, 0) is 7.05 Å². The van der Waals surface area contributed by atoms with E-state index < -0.39 is 0 Å². The summed E-state index contributed by atoms with van der Waals surface area (Å²) >= 11 is 3.68. The van der Waals surface area contributed by atoms with Crippen molar-refractivity contribution in [3.63, 3.8) is 0 Å². The number of anilines is 2. The number of hydrogen-bond donors (Lipinski definition) is 1. The molecule has 1 aliphatic rings. The summed E-state index contributed by atoms with van der Waals surface area (Å²) in [6, 6.07) is 4.02. The molecule has 136 valence electrons. The number of benzene rings is 1. The minimum absolute atomic E-state index is 0.262. The number of aryl methyl sites for hydroxylation is 2. The number of methoxy groups -OCH3 is 1. The predicted molar refractivity (Wildman–Crippen MR) is 106 cm³/mol. The molecule has 0 saturated heterocycles. The van der Waals surface area contributed by atoms with Crippen LogP contribution in [0, 0.1) is 13.8 Å². The molecule has 1 aromatic carbocycles. The van der Waals surface area contributed by atoms with Gasteiger partial charge in [-0.05, 0) is 54.2 Å². The summed E-state index contributed by atoms with van der Waals surface area (Å²) in [5, 5.41) is 3.55. The lowest BCUT2D eigenvalue weighted by Crippen LogP contribution is -2.05. The van der Waals surface area contributed by atoms with E-state index in [-0.39, 0.29) is 6.10 Å². The summed E-state index contributed by atoms with van der Waals surface area (Å²) in [4.78, 5) is 9.20. The molecule has 1 saturated carbocycles. The Hall–Kier alpha value is -2.28. The van der Waals surface area contributed by atoms with Gasteiger partial charge in [0.1, 0.15) is 21.8 Å². The van der Waals surface area contributed by atoms with E-state index in [1.807, 2.05) is 30.7 Å². The molecule has 1 N–H and O–H groups in total.